The minimum absolute atomic E-state index is 0. The average Bonchev–Trinajstić information content (AvgIpc) is 0. The van der Waals surface area contributed by atoms with E-state index in [2.05, 4.69) is 0 Å². The Labute approximate surface area is 210 Å². The quantitative estimate of drug-likeness (QED) is 0.439. The van der Waals surface area contributed by atoms with Crippen LogP contribution in [0.5, 0.6) is 0 Å². The largest absolute Gasteiger partial charge is 0 e. The van der Waals surface area contributed by atoms with Crippen molar-refractivity contribution in [3.8, 4) is 0 Å². The molecule has 0 aliphatic rings. The van der Waals surface area contributed by atoms with Gasteiger partial charge in [0.2, 0.25) is 0 Å². The van der Waals surface area contributed by atoms with E-state index < -0.39 is 0 Å². The molecule has 0 radical (unpaired) electrons. The van der Waals surface area contributed by atoms with Crippen LogP contribution in [0.15, 0.2) is 0 Å². The first kappa shape index (κ1) is 2890. The molecule has 0 aliphatic heterocycles. The van der Waals surface area contributed by atoms with Gasteiger partial charge in [-0.25, -0.2) is 0 Å². The Kier molecular flexibility index (Phi) is 223000. The topological polar surface area (TPSA) is 0 Å². The summed E-state index contributed by atoms with van der Waals surface area (Å²) in [5.41, 5.74) is 0. The summed E-state index contributed by atoms with van der Waals surface area (Å²) in [7, 11) is 0. The van der Waals surface area contributed by atoms with Crippen LogP contribution in [-0.2, 0) is 0 Å². The van der Waals surface area contributed by atoms with E-state index in [0.717, 1.165) is 0 Å². The van der Waals surface area contributed by atoms with Gasteiger partial charge in [-0.05, 0) is 0 Å². The molecule has 0 aromatic heterocycles. The molecule has 34 heavy (non-hydrogen) atoms. The third-order valence-electron chi connectivity index (χ3n) is 0. The molecule has 0 N–H and O–H groups in total. The molecular weight excluding hydrogens is 136 g/mol. The smallest absolute Gasteiger partial charge is 0 e. The summed E-state index contributed by atoms with van der Waals surface area (Å²) in [6, 6.07) is 0. The zero-order chi connectivity index (χ0) is 0. The molecule has 0 saturated heterocycles. The van der Waals surface area contributed by atoms with Crippen molar-refractivity contribution in [2.24, 2.45) is 0 Å². The van der Waals surface area contributed by atoms with Gasteiger partial charge in [-0.3, -0.25) is 0 Å². The first-order valence-electron chi connectivity index (χ1n) is 0. The van der Waals surface area contributed by atoms with Crippen LogP contribution in [0.25, 0.3) is 0 Å². The third-order valence-corrected chi connectivity index (χ3v) is 0. The Balaban J connectivity index is 0. The van der Waals surface area contributed by atoms with E-state index >= 15 is 0 Å². The molecule has 68 valence electrons. The molecule has 0 rings (SSSR count). The molecule has 0 unspecified atom stereocenters. The van der Waals surface area contributed by atoms with Crippen LogP contribution >= 0.6 is 0 Å². The second-order valence-electron chi connectivity index (χ2n) is 0. The average molecular weight is 136 g/mol. The zero-order valence-electron chi connectivity index (χ0n) is 24.0. The molecular formula is He34. The molecule has 0 nitrogen and oxygen atoms in total. The maximum Gasteiger partial charge on any atom is 0 e. The van der Waals surface area contributed by atoms with Gasteiger partial charge in [0, 0.05) is 209 Å². The molecule has 0 aromatic rings. The fourth-order valence-corrected chi connectivity index (χ4v) is 0. The predicted octanol–water partition coefficient (Wildman–Crippen LogP) is 0. The van der Waals surface area contributed by atoms with Crippen molar-refractivity contribution in [3.05, 3.63) is 0 Å². The summed E-state index contributed by atoms with van der Waals surface area (Å²) in [4.78, 5) is 0. The van der Waals surface area contributed by atoms with Gasteiger partial charge < -0.3 is 0 Å². The Morgan fingerprint density at radius 1 is 0.0294 bits per heavy atom. The molecule has 0 aliphatic carbocycles. The minimum Gasteiger partial charge on any atom is 0 e. The fraction of sp³-hybridized carbons (Fsp3) is 0. The monoisotopic (exact) mass is 136 g/mol. The van der Waals surface area contributed by atoms with E-state index in [1.165, 1.54) is 0 Å². The molecule has 0 amide bonds. The molecule has 0 atom stereocenters. The van der Waals surface area contributed by atoms with Crippen LogP contribution in [0, 0.1) is 209 Å². The number of hydrogen-bond donors (Lipinski definition) is 0. The van der Waals surface area contributed by atoms with E-state index in [4.69, 9.17) is 0 Å². The first-order valence-corrected chi connectivity index (χ1v) is 0. The van der Waals surface area contributed by atoms with Crippen molar-refractivity contribution < 1.29 is 209 Å². The van der Waals surface area contributed by atoms with Crippen LogP contribution in [0.2, 0.25) is 0 Å². The first-order chi connectivity index (χ1) is 0. The maximum atomic E-state index is 0. The van der Waals surface area contributed by atoms with Crippen molar-refractivity contribution in [2.75, 3.05) is 0 Å². The van der Waals surface area contributed by atoms with Crippen molar-refractivity contribution in [2.45, 2.75) is 0 Å². The van der Waals surface area contributed by atoms with Crippen LogP contribution < -0.4 is 0 Å². The van der Waals surface area contributed by atoms with Gasteiger partial charge in [-0.15, -0.1) is 0 Å². The number of hydrogen-bond acceptors (Lipinski definition) is 0. The zero-order valence-corrected chi connectivity index (χ0v) is 24.0. The Bertz CT molecular complexity index is 0. The molecule has 0 aromatic carbocycles. The third kappa shape index (κ3) is 2360. The van der Waals surface area contributed by atoms with Gasteiger partial charge in [-0.2, -0.15) is 0 Å². The van der Waals surface area contributed by atoms with Crippen molar-refractivity contribution >= 4 is 0 Å². The summed E-state index contributed by atoms with van der Waals surface area (Å²) in [5.74, 6) is 0. The standard InChI is InChI=1S/34He. The van der Waals surface area contributed by atoms with Gasteiger partial charge in [-0.1, -0.05) is 0 Å². The molecule has 34 heteroatoms. The van der Waals surface area contributed by atoms with Gasteiger partial charge in [0.15, 0.2) is 0 Å². The second-order valence-corrected chi connectivity index (χ2v) is 0. The van der Waals surface area contributed by atoms with Crippen LogP contribution in [0.1, 0.15) is 0 Å². The molecule has 0 fully saturated rings. The summed E-state index contributed by atoms with van der Waals surface area (Å²) in [6.45, 7) is 0. The Morgan fingerprint density at radius 2 is 0.0294 bits per heavy atom. The summed E-state index contributed by atoms with van der Waals surface area (Å²) in [5, 5.41) is 0. The maximum absolute atomic E-state index is 0. The van der Waals surface area contributed by atoms with Crippen molar-refractivity contribution in [3.63, 3.8) is 0 Å². The summed E-state index contributed by atoms with van der Waals surface area (Å²) in [6.07, 6.45) is 0. The summed E-state index contributed by atoms with van der Waals surface area (Å²) >= 11 is 0. The van der Waals surface area contributed by atoms with Crippen LogP contribution in [0.4, 0.5) is 0 Å². The Morgan fingerprint density at radius 3 is 0.0294 bits per heavy atom. The minimum atomic E-state index is 0. The Hall–Kier alpha value is -3.09. The van der Waals surface area contributed by atoms with Gasteiger partial charge in [0.1, 0.15) is 0 Å². The van der Waals surface area contributed by atoms with Crippen molar-refractivity contribution in [1.29, 1.82) is 0 Å². The van der Waals surface area contributed by atoms with Gasteiger partial charge >= 0.3 is 0 Å². The molecule has 0 heterocycles. The second kappa shape index (κ2) is 2620. The van der Waals surface area contributed by atoms with E-state index in [0.29, 0.717) is 0 Å². The normalized spacial score (nSPS) is 0. The van der Waals surface area contributed by atoms with Crippen LogP contribution in [-0.4, -0.2) is 0 Å². The fourth-order valence-electron chi connectivity index (χ4n) is 0. The predicted molar refractivity (Wildman–Crippen MR) is 0 cm³/mol. The van der Waals surface area contributed by atoms with E-state index in [9.17, 15) is 0 Å². The SMILES string of the molecule is [He].[He].[He].[He].[He].[He].[He].[He].[He].[He].[He].[He].[He].[He].[He].[He].[He].[He].[He].[He].[He].[He].[He].[He].[He].[He].[He].[He].[He].[He].[He].[He].[He].[He]. The van der Waals surface area contributed by atoms with E-state index in [1.54, 1.807) is 0 Å². The molecule has 0 saturated carbocycles. The van der Waals surface area contributed by atoms with Crippen molar-refractivity contribution in [1.82, 2.24) is 0 Å². The molecule has 0 bridgehead atoms. The van der Waals surface area contributed by atoms with Crippen LogP contribution in [0.3, 0.4) is 0 Å². The molecule has 0 spiro atoms. The van der Waals surface area contributed by atoms with E-state index in [1.807, 2.05) is 0 Å². The van der Waals surface area contributed by atoms with Gasteiger partial charge in [0.05, 0.1) is 0 Å². The number of rotatable bonds is 0. The van der Waals surface area contributed by atoms with E-state index in [-0.39, 0.29) is 209 Å². The summed E-state index contributed by atoms with van der Waals surface area (Å²) < 4.78 is 0. The van der Waals surface area contributed by atoms with Gasteiger partial charge in [0.25, 0.3) is 0 Å².